The van der Waals surface area contributed by atoms with E-state index in [1.807, 2.05) is 6.07 Å². The van der Waals surface area contributed by atoms with Gasteiger partial charge in [-0.1, -0.05) is 12.1 Å². The van der Waals surface area contributed by atoms with Crippen LogP contribution in [0, 0.1) is 0 Å². The molecule has 0 bridgehead atoms. The monoisotopic (exact) mass is 557 g/mol. The lowest BCUT2D eigenvalue weighted by Crippen LogP contribution is -2.58. The molecule has 0 spiro atoms. The Morgan fingerprint density at radius 2 is 1.79 bits per heavy atom. The van der Waals surface area contributed by atoms with Crippen molar-refractivity contribution in [2.24, 2.45) is 0 Å². The van der Waals surface area contributed by atoms with E-state index >= 15 is 0 Å². The second kappa shape index (κ2) is 9.71. The highest BCUT2D eigenvalue weighted by Crippen LogP contribution is 2.52. The van der Waals surface area contributed by atoms with Gasteiger partial charge in [0.25, 0.3) is 5.91 Å². The molecule has 1 aromatic carbocycles. The first-order chi connectivity index (χ1) is 18.0. The number of carbonyl (C=O) groups excluding carboxylic acids is 1. The van der Waals surface area contributed by atoms with Crippen LogP contribution in [-0.2, 0) is 10.3 Å². The zero-order chi connectivity index (χ0) is 27.1. The van der Waals surface area contributed by atoms with Crippen LogP contribution in [0.4, 0.5) is 26.3 Å². The number of rotatable bonds is 8. The molecule has 38 heavy (non-hydrogen) atoms. The van der Waals surface area contributed by atoms with Crippen molar-refractivity contribution < 1.29 is 35.9 Å². The molecule has 3 aromatic rings. The summed E-state index contributed by atoms with van der Waals surface area (Å²) in [7, 11) is 0. The van der Waals surface area contributed by atoms with Crippen LogP contribution in [0.5, 0.6) is 5.75 Å². The topological polar surface area (TPSA) is 92.8 Å². The van der Waals surface area contributed by atoms with Crippen molar-refractivity contribution in [1.29, 1.82) is 0 Å². The molecule has 1 fully saturated rings. The van der Waals surface area contributed by atoms with Crippen LogP contribution in [-0.4, -0.2) is 45.5 Å². The van der Waals surface area contributed by atoms with Gasteiger partial charge in [0.05, 0.1) is 12.2 Å². The van der Waals surface area contributed by atoms with Crippen molar-refractivity contribution >= 4 is 28.4 Å². The lowest BCUT2D eigenvalue weighted by Gasteiger charge is -2.41. The number of alkyl halides is 6. The first-order valence-electron chi connectivity index (χ1n) is 11.7. The average molecular weight is 558 g/mol. The number of benzene rings is 1. The maximum absolute atomic E-state index is 14.8. The molecular formula is C24H21F6N5O2S. The largest absolute Gasteiger partial charge is 0.494 e. The highest BCUT2D eigenvalue weighted by Gasteiger charge is 2.60. The van der Waals surface area contributed by atoms with Gasteiger partial charge in [-0.15, -0.1) is 16.4 Å². The maximum Gasteiger partial charge on any atom is 0.416 e. The van der Waals surface area contributed by atoms with E-state index in [2.05, 4.69) is 25.9 Å². The number of aromatic nitrogens is 4. The zero-order valence-corrected chi connectivity index (χ0v) is 20.4. The Hall–Kier alpha value is -3.42. The van der Waals surface area contributed by atoms with Gasteiger partial charge in [0.1, 0.15) is 5.75 Å². The molecule has 1 saturated carbocycles. The lowest BCUT2D eigenvalue weighted by molar-refractivity contribution is -0.201. The summed E-state index contributed by atoms with van der Waals surface area (Å²) in [5, 5.41) is 15.3. The third-order valence-corrected chi connectivity index (χ3v) is 7.80. The number of aromatic amines is 1. The molecule has 0 radical (unpaired) electrons. The molecule has 7 nitrogen and oxygen atoms in total. The SMILES string of the molecule is O=C1N[C@@](c2ccc(OCCCC(F)(F)F)cc2)(C(F)(F)F)CC(c2ccc(C3CC3)s2)=C1c1nnn[nH]1. The van der Waals surface area contributed by atoms with Gasteiger partial charge < -0.3 is 10.1 Å². The minimum absolute atomic E-state index is 0.0442. The van der Waals surface area contributed by atoms with Crippen molar-refractivity contribution in [3.8, 4) is 5.75 Å². The van der Waals surface area contributed by atoms with E-state index in [0.717, 1.165) is 29.9 Å². The number of H-pyrrole nitrogens is 1. The van der Waals surface area contributed by atoms with Crippen LogP contribution in [0.25, 0.3) is 11.1 Å². The number of ether oxygens (including phenoxy) is 1. The third-order valence-electron chi connectivity index (χ3n) is 6.49. The van der Waals surface area contributed by atoms with Gasteiger partial charge >= 0.3 is 12.4 Å². The van der Waals surface area contributed by atoms with E-state index in [-0.39, 0.29) is 41.3 Å². The minimum Gasteiger partial charge on any atom is -0.494 e. The Labute approximate surface area is 216 Å². The molecule has 0 saturated heterocycles. The van der Waals surface area contributed by atoms with Crippen LogP contribution in [0.15, 0.2) is 36.4 Å². The van der Waals surface area contributed by atoms with Crippen LogP contribution in [0.1, 0.15) is 59.2 Å². The molecule has 1 amide bonds. The Bertz CT molecular complexity index is 1330. The summed E-state index contributed by atoms with van der Waals surface area (Å²) >= 11 is 1.35. The highest BCUT2D eigenvalue weighted by molar-refractivity contribution is 7.13. The summed E-state index contributed by atoms with van der Waals surface area (Å²) in [6.45, 7) is -0.247. The number of amides is 1. The predicted molar refractivity (Wildman–Crippen MR) is 125 cm³/mol. The maximum atomic E-state index is 14.8. The number of carbonyl (C=O) groups is 1. The van der Waals surface area contributed by atoms with Crippen LogP contribution < -0.4 is 10.1 Å². The first-order valence-corrected chi connectivity index (χ1v) is 12.6. The predicted octanol–water partition coefficient (Wildman–Crippen LogP) is 5.75. The van der Waals surface area contributed by atoms with Crippen LogP contribution in [0.3, 0.4) is 0 Å². The van der Waals surface area contributed by atoms with Gasteiger partial charge in [-0.3, -0.25) is 4.79 Å². The highest BCUT2D eigenvalue weighted by atomic mass is 32.1. The van der Waals surface area contributed by atoms with E-state index in [1.54, 1.807) is 6.07 Å². The fraction of sp³-hybridized carbons (Fsp3) is 0.417. The standard InChI is InChI=1S/C24H21F6N5O2S/c25-23(26,27)10-1-11-37-15-6-4-14(5-7-15)22(24(28,29)30)12-16(18-9-8-17(38-18)13-2-3-13)19(21(36)31-22)20-32-34-35-33-20/h4-9,13H,1-3,10-12H2,(H,31,36)(H,32,33,34,35)/t22-/m0/s1. The minimum atomic E-state index is -4.90. The van der Waals surface area contributed by atoms with Crippen molar-refractivity contribution in [1.82, 2.24) is 25.9 Å². The smallest absolute Gasteiger partial charge is 0.416 e. The number of hydrogen-bond donors (Lipinski definition) is 2. The summed E-state index contributed by atoms with van der Waals surface area (Å²) < 4.78 is 86.7. The van der Waals surface area contributed by atoms with E-state index < -0.39 is 36.6 Å². The van der Waals surface area contributed by atoms with Gasteiger partial charge in [-0.2, -0.15) is 26.3 Å². The van der Waals surface area contributed by atoms with E-state index in [9.17, 15) is 31.1 Å². The third kappa shape index (κ3) is 5.26. The zero-order valence-electron chi connectivity index (χ0n) is 19.6. The van der Waals surface area contributed by atoms with Gasteiger partial charge in [0, 0.05) is 22.6 Å². The molecule has 3 heterocycles. The van der Waals surface area contributed by atoms with Gasteiger partial charge in [-0.25, -0.2) is 5.10 Å². The number of tetrazole rings is 1. The molecule has 5 rings (SSSR count). The lowest BCUT2D eigenvalue weighted by atomic mass is 9.78. The van der Waals surface area contributed by atoms with Crippen molar-refractivity contribution in [3.05, 3.63) is 57.5 Å². The summed E-state index contributed by atoms with van der Waals surface area (Å²) in [6.07, 6.45) is -9.13. The first kappa shape index (κ1) is 26.2. The van der Waals surface area contributed by atoms with E-state index in [0.29, 0.717) is 10.8 Å². The van der Waals surface area contributed by atoms with Crippen LogP contribution >= 0.6 is 11.3 Å². The van der Waals surface area contributed by atoms with Crippen molar-refractivity contribution in [2.45, 2.75) is 55.9 Å². The molecular weight excluding hydrogens is 536 g/mol. The van der Waals surface area contributed by atoms with Gasteiger partial charge in [0.2, 0.25) is 0 Å². The second-order valence-corrected chi connectivity index (χ2v) is 10.3. The molecule has 2 aromatic heterocycles. The summed E-state index contributed by atoms with van der Waals surface area (Å²) in [6, 6.07) is 8.41. The number of hydrogen-bond acceptors (Lipinski definition) is 6. The van der Waals surface area contributed by atoms with Gasteiger partial charge in [0.15, 0.2) is 11.4 Å². The van der Waals surface area contributed by atoms with E-state index in [1.165, 1.54) is 23.5 Å². The molecule has 2 N–H and O–H groups in total. The van der Waals surface area contributed by atoms with Crippen molar-refractivity contribution in [3.63, 3.8) is 0 Å². The fourth-order valence-electron chi connectivity index (χ4n) is 4.43. The molecule has 14 heteroatoms. The average Bonchev–Trinajstić information content (AvgIpc) is 3.34. The van der Waals surface area contributed by atoms with Gasteiger partial charge in [-0.05, 0) is 71.0 Å². The van der Waals surface area contributed by atoms with E-state index in [4.69, 9.17) is 4.74 Å². The fourth-order valence-corrected chi connectivity index (χ4v) is 5.65. The second-order valence-electron chi connectivity index (χ2n) is 9.21. The Kier molecular flexibility index (Phi) is 6.70. The number of nitrogens with one attached hydrogen (secondary N) is 2. The molecule has 1 aliphatic heterocycles. The summed E-state index contributed by atoms with van der Waals surface area (Å²) in [5.74, 6) is -0.543. The number of nitrogens with zero attached hydrogens (tertiary/aromatic N) is 3. The quantitative estimate of drug-likeness (QED) is 0.272. The Morgan fingerprint density at radius 3 is 2.39 bits per heavy atom. The Balaban J connectivity index is 1.49. The molecule has 202 valence electrons. The summed E-state index contributed by atoms with van der Waals surface area (Å²) in [4.78, 5) is 14.9. The molecule has 2 aliphatic rings. The molecule has 1 aliphatic carbocycles. The van der Waals surface area contributed by atoms with Crippen molar-refractivity contribution in [2.75, 3.05) is 6.61 Å². The molecule has 0 unspecified atom stereocenters. The summed E-state index contributed by atoms with van der Waals surface area (Å²) in [5.41, 5.74) is -2.92. The number of halogens is 6. The molecule has 1 atom stereocenters. The number of thiophene rings is 1. The Morgan fingerprint density at radius 1 is 1.05 bits per heavy atom. The van der Waals surface area contributed by atoms with Crippen LogP contribution in [0.2, 0.25) is 0 Å². The normalized spacial score (nSPS) is 20.5.